The summed E-state index contributed by atoms with van der Waals surface area (Å²) in [6.45, 7) is 14.6. The topological polar surface area (TPSA) is 52.7 Å². The molecule has 1 aromatic carbocycles. The average molecular weight is 345 g/mol. The lowest BCUT2D eigenvalue weighted by Gasteiger charge is -2.36. The van der Waals surface area contributed by atoms with Gasteiger partial charge in [-0.15, -0.1) is 0 Å². The minimum absolute atomic E-state index is 0.0383. The molecule has 1 aliphatic rings. The van der Waals surface area contributed by atoms with Gasteiger partial charge in [0.15, 0.2) is 0 Å². The van der Waals surface area contributed by atoms with Gasteiger partial charge < -0.3 is 15.1 Å². The number of carbonyl (C=O) groups excluding carboxylic acids is 2. The Morgan fingerprint density at radius 3 is 1.76 bits per heavy atom. The first kappa shape index (κ1) is 19.3. The molecule has 0 aromatic heterocycles. The summed E-state index contributed by atoms with van der Waals surface area (Å²) in [4.78, 5) is 28.5. The largest absolute Gasteiger partial charge is 0.335 e. The summed E-state index contributed by atoms with van der Waals surface area (Å²) in [5.41, 5.74) is 1.75. The Labute approximate surface area is 151 Å². The van der Waals surface area contributed by atoms with Gasteiger partial charge in [-0.1, -0.05) is 32.9 Å². The van der Waals surface area contributed by atoms with Crippen LogP contribution in [-0.4, -0.2) is 53.5 Å². The fourth-order valence-electron chi connectivity index (χ4n) is 2.81. The Morgan fingerprint density at radius 2 is 1.32 bits per heavy atom. The van der Waals surface area contributed by atoms with Crippen molar-refractivity contribution in [2.24, 2.45) is 0 Å². The smallest absolute Gasteiger partial charge is 0.317 e. The van der Waals surface area contributed by atoms with Crippen molar-refractivity contribution < 1.29 is 9.59 Å². The van der Waals surface area contributed by atoms with Crippen LogP contribution in [0.4, 0.5) is 4.79 Å². The SMILES string of the molecule is CC(C)(C)NC(=O)N1CCN(C(=O)c2ccc(C(C)(C)C)cc2)CC1. The fraction of sp³-hybridized carbons (Fsp3) is 0.600. The van der Waals surface area contributed by atoms with E-state index in [1.54, 1.807) is 4.90 Å². The molecule has 0 unspecified atom stereocenters. The van der Waals surface area contributed by atoms with Crippen LogP contribution in [-0.2, 0) is 5.41 Å². The maximum Gasteiger partial charge on any atom is 0.317 e. The monoisotopic (exact) mass is 345 g/mol. The number of nitrogens with one attached hydrogen (secondary N) is 1. The van der Waals surface area contributed by atoms with Crippen molar-refractivity contribution >= 4 is 11.9 Å². The van der Waals surface area contributed by atoms with Crippen molar-refractivity contribution in [2.45, 2.75) is 52.5 Å². The van der Waals surface area contributed by atoms with Crippen LogP contribution in [0.5, 0.6) is 0 Å². The second kappa shape index (κ2) is 7.06. The van der Waals surface area contributed by atoms with E-state index in [0.29, 0.717) is 31.7 Å². The average Bonchev–Trinajstić information content (AvgIpc) is 2.52. The third-order valence-corrected chi connectivity index (χ3v) is 4.33. The van der Waals surface area contributed by atoms with E-state index in [9.17, 15) is 9.59 Å². The molecule has 1 N–H and O–H groups in total. The van der Waals surface area contributed by atoms with E-state index in [0.717, 1.165) is 0 Å². The molecule has 0 aliphatic carbocycles. The maximum absolute atomic E-state index is 12.7. The number of nitrogens with zero attached hydrogens (tertiary/aromatic N) is 2. The van der Waals surface area contributed by atoms with Gasteiger partial charge in [-0.3, -0.25) is 4.79 Å². The number of amides is 3. The van der Waals surface area contributed by atoms with E-state index >= 15 is 0 Å². The molecule has 2 rings (SSSR count). The molecule has 0 atom stereocenters. The zero-order valence-electron chi connectivity index (χ0n) is 16.3. The third kappa shape index (κ3) is 5.21. The van der Waals surface area contributed by atoms with E-state index in [2.05, 4.69) is 26.1 Å². The summed E-state index contributed by atoms with van der Waals surface area (Å²) in [5.74, 6) is 0.0383. The minimum atomic E-state index is -0.251. The van der Waals surface area contributed by atoms with E-state index in [4.69, 9.17) is 0 Å². The lowest BCUT2D eigenvalue weighted by molar-refractivity contribution is 0.0661. The van der Waals surface area contributed by atoms with Gasteiger partial charge in [-0.2, -0.15) is 0 Å². The summed E-state index contributed by atoms with van der Waals surface area (Å²) in [6.07, 6.45) is 0. The van der Waals surface area contributed by atoms with Crippen LogP contribution in [0.25, 0.3) is 0 Å². The quantitative estimate of drug-likeness (QED) is 0.849. The van der Waals surface area contributed by atoms with Gasteiger partial charge in [0.1, 0.15) is 0 Å². The Morgan fingerprint density at radius 1 is 0.840 bits per heavy atom. The van der Waals surface area contributed by atoms with Gasteiger partial charge in [0, 0.05) is 37.3 Å². The summed E-state index contributed by atoms with van der Waals surface area (Å²) < 4.78 is 0. The predicted molar refractivity (Wildman–Crippen MR) is 101 cm³/mol. The number of rotatable bonds is 1. The van der Waals surface area contributed by atoms with Crippen LogP contribution in [0.3, 0.4) is 0 Å². The third-order valence-electron chi connectivity index (χ3n) is 4.33. The number of hydrogen-bond donors (Lipinski definition) is 1. The van der Waals surface area contributed by atoms with Crippen molar-refractivity contribution in [1.29, 1.82) is 0 Å². The van der Waals surface area contributed by atoms with E-state index < -0.39 is 0 Å². The molecule has 0 radical (unpaired) electrons. The van der Waals surface area contributed by atoms with Gasteiger partial charge in [0.25, 0.3) is 5.91 Å². The Kier molecular flexibility index (Phi) is 5.45. The summed E-state index contributed by atoms with van der Waals surface area (Å²) in [6, 6.07) is 7.80. The second-order valence-electron chi connectivity index (χ2n) is 8.79. The van der Waals surface area contributed by atoms with E-state index in [1.165, 1.54) is 5.56 Å². The molecule has 1 aromatic rings. The molecule has 1 fully saturated rings. The number of carbonyl (C=O) groups is 2. The lowest BCUT2D eigenvalue weighted by Crippen LogP contribution is -2.56. The van der Waals surface area contributed by atoms with Crippen LogP contribution >= 0.6 is 0 Å². The molecule has 5 heteroatoms. The normalized spacial score (nSPS) is 15.9. The molecular formula is C20H31N3O2. The van der Waals surface area contributed by atoms with Gasteiger partial charge in [-0.25, -0.2) is 4.79 Å². The Hall–Kier alpha value is -2.04. The molecule has 3 amide bonds. The highest BCUT2D eigenvalue weighted by Crippen LogP contribution is 2.22. The molecule has 1 saturated heterocycles. The number of benzene rings is 1. The minimum Gasteiger partial charge on any atom is -0.335 e. The molecule has 0 saturated carbocycles. The molecule has 1 heterocycles. The second-order valence-corrected chi connectivity index (χ2v) is 8.79. The molecule has 0 spiro atoms. The van der Waals surface area contributed by atoms with Crippen molar-refractivity contribution in [3.8, 4) is 0 Å². The summed E-state index contributed by atoms with van der Waals surface area (Å²) in [7, 11) is 0. The van der Waals surface area contributed by atoms with Crippen LogP contribution in [0.2, 0.25) is 0 Å². The van der Waals surface area contributed by atoms with E-state index in [-0.39, 0.29) is 22.9 Å². The van der Waals surface area contributed by atoms with Crippen molar-refractivity contribution in [3.05, 3.63) is 35.4 Å². The molecule has 138 valence electrons. The molecule has 5 nitrogen and oxygen atoms in total. The molecular weight excluding hydrogens is 314 g/mol. The lowest BCUT2D eigenvalue weighted by atomic mass is 9.86. The zero-order chi connectivity index (χ0) is 18.8. The Bertz CT molecular complexity index is 616. The highest BCUT2D eigenvalue weighted by Gasteiger charge is 2.26. The first-order valence-electron chi connectivity index (χ1n) is 8.94. The zero-order valence-corrected chi connectivity index (χ0v) is 16.3. The first-order chi connectivity index (χ1) is 11.5. The van der Waals surface area contributed by atoms with E-state index in [1.807, 2.05) is 49.9 Å². The van der Waals surface area contributed by atoms with Gasteiger partial charge in [0.2, 0.25) is 0 Å². The summed E-state index contributed by atoms with van der Waals surface area (Å²) in [5, 5.41) is 2.97. The maximum atomic E-state index is 12.7. The van der Waals surface area contributed by atoms with Gasteiger partial charge in [0.05, 0.1) is 0 Å². The first-order valence-corrected chi connectivity index (χ1v) is 8.94. The van der Waals surface area contributed by atoms with Gasteiger partial charge >= 0.3 is 6.03 Å². The molecule has 1 aliphatic heterocycles. The molecule has 0 bridgehead atoms. The van der Waals surface area contributed by atoms with Gasteiger partial charge in [-0.05, 0) is 43.9 Å². The summed E-state index contributed by atoms with van der Waals surface area (Å²) >= 11 is 0. The van der Waals surface area contributed by atoms with Crippen LogP contribution in [0.1, 0.15) is 57.5 Å². The standard InChI is InChI=1S/C20H31N3O2/c1-19(2,3)16-9-7-15(8-10-16)17(24)22-11-13-23(14-12-22)18(25)21-20(4,5)6/h7-10H,11-14H2,1-6H3,(H,21,25). The number of piperazine rings is 1. The predicted octanol–water partition coefficient (Wildman–Crippen LogP) is 3.25. The number of hydrogen-bond acceptors (Lipinski definition) is 2. The van der Waals surface area contributed by atoms with Crippen LogP contribution in [0.15, 0.2) is 24.3 Å². The van der Waals surface area contributed by atoms with Crippen LogP contribution < -0.4 is 5.32 Å². The van der Waals surface area contributed by atoms with Crippen molar-refractivity contribution in [2.75, 3.05) is 26.2 Å². The highest BCUT2D eigenvalue weighted by molar-refractivity contribution is 5.94. The number of urea groups is 1. The highest BCUT2D eigenvalue weighted by atomic mass is 16.2. The van der Waals surface area contributed by atoms with Crippen molar-refractivity contribution in [3.63, 3.8) is 0 Å². The fourth-order valence-corrected chi connectivity index (χ4v) is 2.81. The van der Waals surface area contributed by atoms with Crippen LogP contribution in [0, 0.1) is 0 Å². The van der Waals surface area contributed by atoms with Crippen molar-refractivity contribution in [1.82, 2.24) is 15.1 Å². The molecule has 25 heavy (non-hydrogen) atoms. The Balaban J connectivity index is 1.94.